The maximum absolute atomic E-state index is 13.2. The summed E-state index contributed by atoms with van der Waals surface area (Å²) in [4.78, 5) is 39.9. The van der Waals surface area contributed by atoms with E-state index >= 15 is 0 Å². The predicted octanol–water partition coefficient (Wildman–Crippen LogP) is 2.19. The molecule has 4 rings (SSSR count). The van der Waals surface area contributed by atoms with Gasteiger partial charge in [-0.1, -0.05) is 0 Å². The molecule has 178 valence electrons. The van der Waals surface area contributed by atoms with Crippen LogP contribution in [0.4, 0.5) is 11.6 Å². The molecule has 0 radical (unpaired) electrons. The lowest BCUT2D eigenvalue weighted by Gasteiger charge is -2.40. The lowest BCUT2D eigenvalue weighted by Crippen LogP contribution is -2.51. The molecule has 4 heterocycles. The number of nitrogen functional groups attached to an aromatic ring is 1. The molecule has 0 spiro atoms. The van der Waals surface area contributed by atoms with E-state index in [9.17, 15) is 14.9 Å². The van der Waals surface area contributed by atoms with Gasteiger partial charge in [-0.3, -0.25) is 19.4 Å². The van der Waals surface area contributed by atoms with E-state index in [4.69, 9.17) is 5.73 Å². The molecule has 34 heavy (non-hydrogen) atoms. The summed E-state index contributed by atoms with van der Waals surface area (Å²) in [6, 6.07) is 9.30. The van der Waals surface area contributed by atoms with Crippen molar-refractivity contribution in [1.82, 2.24) is 19.8 Å². The Balaban J connectivity index is 1.30. The molecular weight excluding hydrogens is 430 g/mol. The van der Waals surface area contributed by atoms with Crippen molar-refractivity contribution in [2.45, 2.75) is 45.2 Å². The summed E-state index contributed by atoms with van der Waals surface area (Å²) in [5.74, 6) is 1.06. The lowest BCUT2D eigenvalue weighted by molar-refractivity contribution is -0.138. The number of nitrogens with two attached hydrogens (primary N) is 1. The topological polar surface area (TPSA) is 119 Å². The second-order valence-corrected chi connectivity index (χ2v) is 9.07. The minimum atomic E-state index is -0.136. The van der Waals surface area contributed by atoms with E-state index < -0.39 is 0 Å². The predicted molar refractivity (Wildman–Crippen MR) is 128 cm³/mol. The van der Waals surface area contributed by atoms with Gasteiger partial charge in [0, 0.05) is 50.9 Å². The van der Waals surface area contributed by atoms with Crippen LogP contribution in [0, 0.1) is 17.2 Å². The van der Waals surface area contributed by atoms with Crippen molar-refractivity contribution < 1.29 is 9.59 Å². The number of nitriles is 1. The maximum Gasteiger partial charge on any atom is 0.225 e. The van der Waals surface area contributed by atoms with Gasteiger partial charge in [0.2, 0.25) is 11.8 Å². The maximum atomic E-state index is 13.2. The molecule has 2 aliphatic heterocycles. The number of pyridine rings is 2. The van der Waals surface area contributed by atoms with Crippen LogP contribution in [0.1, 0.15) is 43.7 Å². The van der Waals surface area contributed by atoms with E-state index in [0.717, 1.165) is 38.0 Å². The third-order valence-corrected chi connectivity index (χ3v) is 6.80. The van der Waals surface area contributed by atoms with Crippen LogP contribution < -0.4 is 10.6 Å². The highest BCUT2D eigenvalue weighted by Gasteiger charge is 2.34. The van der Waals surface area contributed by atoms with E-state index in [-0.39, 0.29) is 23.8 Å². The molecule has 2 aromatic heterocycles. The van der Waals surface area contributed by atoms with Gasteiger partial charge in [0.15, 0.2) is 5.82 Å². The number of hydrogen-bond donors (Lipinski definition) is 1. The first-order valence-corrected chi connectivity index (χ1v) is 11.8. The molecule has 9 heteroatoms. The Labute approximate surface area is 200 Å². The summed E-state index contributed by atoms with van der Waals surface area (Å²) in [5.41, 5.74) is 7.31. The van der Waals surface area contributed by atoms with Gasteiger partial charge < -0.3 is 10.6 Å². The quantitative estimate of drug-likeness (QED) is 0.725. The monoisotopic (exact) mass is 461 g/mol. The zero-order valence-corrected chi connectivity index (χ0v) is 19.6. The number of anilines is 2. The highest BCUT2D eigenvalue weighted by Crippen LogP contribution is 2.27. The summed E-state index contributed by atoms with van der Waals surface area (Å²) in [6.45, 7) is 5.30. The molecule has 0 unspecified atom stereocenters. The zero-order valence-electron chi connectivity index (χ0n) is 19.6. The fourth-order valence-electron chi connectivity index (χ4n) is 5.05. The van der Waals surface area contributed by atoms with Crippen LogP contribution in [-0.2, 0) is 16.1 Å². The number of carbonyl (C=O) groups is 2. The molecular formula is C25H31N7O2. The molecule has 0 saturated carbocycles. The van der Waals surface area contributed by atoms with Crippen LogP contribution in [0.25, 0.3) is 0 Å². The minimum absolute atomic E-state index is 0.0419. The largest absolute Gasteiger partial charge is 0.384 e. The molecule has 2 aromatic rings. The first-order valence-electron chi connectivity index (χ1n) is 11.8. The van der Waals surface area contributed by atoms with Crippen LogP contribution in [0.3, 0.4) is 0 Å². The van der Waals surface area contributed by atoms with E-state index in [1.165, 1.54) is 6.92 Å². The van der Waals surface area contributed by atoms with Gasteiger partial charge in [-0.25, -0.2) is 9.97 Å². The second kappa shape index (κ2) is 10.6. The van der Waals surface area contributed by atoms with Crippen LogP contribution in [0.15, 0.2) is 36.7 Å². The van der Waals surface area contributed by atoms with E-state index in [0.29, 0.717) is 43.1 Å². The van der Waals surface area contributed by atoms with Gasteiger partial charge in [0.05, 0.1) is 5.56 Å². The fraction of sp³-hybridized carbons (Fsp3) is 0.480. The highest BCUT2D eigenvalue weighted by atomic mass is 16.2. The van der Waals surface area contributed by atoms with Gasteiger partial charge >= 0.3 is 0 Å². The lowest BCUT2D eigenvalue weighted by atomic mass is 9.93. The molecule has 0 atom stereocenters. The van der Waals surface area contributed by atoms with Crippen molar-refractivity contribution in [3.8, 4) is 6.07 Å². The van der Waals surface area contributed by atoms with Gasteiger partial charge in [0.1, 0.15) is 11.9 Å². The molecule has 0 aromatic carbocycles. The number of piperidine rings is 2. The Morgan fingerprint density at radius 3 is 2.50 bits per heavy atom. The van der Waals surface area contributed by atoms with Crippen molar-refractivity contribution in [3.63, 3.8) is 0 Å². The van der Waals surface area contributed by atoms with Crippen molar-refractivity contribution in [3.05, 3.63) is 47.8 Å². The second-order valence-electron chi connectivity index (χ2n) is 9.07. The van der Waals surface area contributed by atoms with E-state index in [1.807, 2.05) is 17.0 Å². The third kappa shape index (κ3) is 5.34. The van der Waals surface area contributed by atoms with E-state index in [2.05, 4.69) is 20.9 Å². The average Bonchev–Trinajstić information content (AvgIpc) is 2.85. The molecule has 9 nitrogen and oxygen atoms in total. The Hall–Kier alpha value is -3.51. The summed E-state index contributed by atoms with van der Waals surface area (Å²) in [5, 5.41) is 9.43. The Morgan fingerprint density at radius 2 is 1.85 bits per heavy atom. The normalized spacial score (nSPS) is 17.8. The molecule has 2 amide bonds. The van der Waals surface area contributed by atoms with Crippen molar-refractivity contribution >= 4 is 23.5 Å². The molecule has 2 fully saturated rings. The summed E-state index contributed by atoms with van der Waals surface area (Å²) in [7, 11) is 0. The molecule has 0 aliphatic carbocycles. The number of likely N-dealkylation sites (tertiary alicyclic amines) is 2. The van der Waals surface area contributed by atoms with Crippen LogP contribution in [-0.4, -0.2) is 63.8 Å². The van der Waals surface area contributed by atoms with Crippen LogP contribution >= 0.6 is 0 Å². The summed E-state index contributed by atoms with van der Waals surface area (Å²) in [6.07, 6.45) is 6.37. The molecule has 2 N–H and O–H groups in total. The van der Waals surface area contributed by atoms with Crippen LogP contribution in [0.5, 0.6) is 0 Å². The Bertz CT molecular complexity index is 1070. The zero-order chi connectivity index (χ0) is 24.1. The number of amides is 2. The number of aromatic nitrogens is 2. The third-order valence-electron chi connectivity index (χ3n) is 6.80. The smallest absolute Gasteiger partial charge is 0.225 e. The standard InChI is InChI=1S/C25H31N7O2/c1-18(33)32(24-21(16-26)3-2-9-29-24)22-7-13-31(14-8-22)25(34)20-5-11-30(12-6-20)17-19-4-10-28-23(27)15-19/h2-4,9-10,15,20,22H,5-8,11-14,17H2,1H3,(H2,27,28). The molecule has 0 bridgehead atoms. The van der Waals surface area contributed by atoms with Gasteiger partial charge in [-0.15, -0.1) is 0 Å². The highest BCUT2D eigenvalue weighted by molar-refractivity contribution is 5.92. The number of rotatable bonds is 5. The number of carbonyl (C=O) groups excluding carboxylic acids is 2. The SMILES string of the molecule is CC(=O)N(c1ncccc1C#N)C1CCN(C(=O)C2CCN(Cc3ccnc(N)c3)CC2)CC1. The van der Waals surface area contributed by atoms with Gasteiger partial charge in [-0.05, 0) is 68.6 Å². The van der Waals surface area contributed by atoms with E-state index in [1.54, 1.807) is 29.4 Å². The summed E-state index contributed by atoms with van der Waals surface area (Å²) >= 11 is 0. The summed E-state index contributed by atoms with van der Waals surface area (Å²) < 4.78 is 0. The van der Waals surface area contributed by atoms with Crippen molar-refractivity contribution in [2.24, 2.45) is 5.92 Å². The first-order chi connectivity index (χ1) is 16.5. The first kappa shape index (κ1) is 23.6. The average molecular weight is 462 g/mol. The molecule has 2 aliphatic rings. The number of nitrogens with zero attached hydrogens (tertiary/aromatic N) is 6. The minimum Gasteiger partial charge on any atom is -0.384 e. The Kier molecular flexibility index (Phi) is 7.38. The van der Waals surface area contributed by atoms with Crippen LogP contribution in [0.2, 0.25) is 0 Å². The molecule has 2 saturated heterocycles. The van der Waals surface area contributed by atoms with Crippen molar-refractivity contribution in [2.75, 3.05) is 36.8 Å². The fourth-order valence-corrected chi connectivity index (χ4v) is 5.05. The van der Waals surface area contributed by atoms with Gasteiger partial charge in [0.25, 0.3) is 0 Å². The van der Waals surface area contributed by atoms with Gasteiger partial charge in [-0.2, -0.15) is 5.26 Å². The Morgan fingerprint density at radius 1 is 1.12 bits per heavy atom. The number of hydrogen-bond acceptors (Lipinski definition) is 7. The van der Waals surface area contributed by atoms with Crippen molar-refractivity contribution in [1.29, 1.82) is 5.26 Å².